The number of rotatable bonds is 9. The van der Waals surface area contributed by atoms with E-state index in [1.54, 1.807) is 0 Å². The lowest BCUT2D eigenvalue weighted by Gasteiger charge is -2.27. The van der Waals surface area contributed by atoms with Crippen LogP contribution in [0, 0.1) is 11.8 Å². The molecule has 2 rings (SSSR count). The Morgan fingerprint density at radius 2 is 1.63 bits per heavy atom. The molecule has 0 aromatic carbocycles. The Kier molecular flexibility index (Phi) is 5.64. The van der Waals surface area contributed by atoms with Gasteiger partial charge in [0.05, 0.1) is 12.2 Å². The molecule has 4 nitrogen and oxygen atoms in total. The molecule has 0 radical (unpaired) electrons. The van der Waals surface area contributed by atoms with Crippen LogP contribution < -0.4 is 0 Å². The lowest BCUT2D eigenvalue weighted by atomic mass is 9.75. The average Bonchev–Trinajstić information content (AvgIpc) is 2.95. The molecule has 2 aliphatic heterocycles. The van der Waals surface area contributed by atoms with E-state index in [0.717, 1.165) is 25.7 Å². The van der Waals surface area contributed by atoms with Crippen LogP contribution in [0.15, 0.2) is 0 Å². The van der Waals surface area contributed by atoms with E-state index in [-0.39, 0.29) is 6.61 Å². The van der Waals surface area contributed by atoms with Crippen molar-refractivity contribution in [2.24, 2.45) is 11.8 Å². The maximum atomic E-state index is 10.4. The Hall–Kier alpha value is -0.610. The van der Waals surface area contributed by atoms with Gasteiger partial charge in [-0.05, 0) is 43.9 Å². The van der Waals surface area contributed by atoms with Crippen LogP contribution in [0.2, 0.25) is 0 Å². The summed E-state index contributed by atoms with van der Waals surface area (Å²) in [7, 11) is 0. The topological polar surface area (TPSA) is 66.8 Å². The van der Waals surface area contributed by atoms with Crippen LogP contribution >= 0.6 is 0 Å². The molecule has 2 heterocycles. The molecule has 2 bridgehead atoms. The second-order valence-electron chi connectivity index (χ2n) is 5.98. The number of carbonyl (C=O) groups is 1. The van der Waals surface area contributed by atoms with Gasteiger partial charge in [-0.25, -0.2) is 0 Å². The van der Waals surface area contributed by atoms with Gasteiger partial charge in [0.2, 0.25) is 0 Å². The highest BCUT2D eigenvalue weighted by Crippen LogP contribution is 2.46. The van der Waals surface area contributed by atoms with Crippen LogP contribution in [0.3, 0.4) is 0 Å². The molecule has 0 amide bonds. The lowest BCUT2D eigenvalue weighted by Crippen LogP contribution is -2.28. The number of hydrogen-bond donors (Lipinski definition) is 2. The van der Waals surface area contributed by atoms with Crippen LogP contribution in [0.1, 0.15) is 57.8 Å². The van der Waals surface area contributed by atoms with Gasteiger partial charge in [-0.3, -0.25) is 4.79 Å². The Morgan fingerprint density at radius 3 is 2.26 bits per heavy atom. The minimum atomic E-state index is -0.690. The van der Waals surface area contributed by atoms with Gasteiger partial charge in [-0.2, -0.15) is 0 Å². The standard InChI is InChI=1S/C15H26O4/c16-10-9-12-11(13-7-8-14(12)19-13)5-3-1-2-4-6-15(17)18/h11-14,16H,1-10H2,(H,17,18)/t11-,12+,13-,14+/m0/s1. The van der Waals surface area contributed by atoms with Crippen molar-refractivity contribution in [2.45, 2.75) is 70.0 Å². The Balaban J connectivity index is 1.63. The third-order valence-corrected chi connectivity index (χ3v) is 4.73. The summed E-state index contributed by atoms with van der Waals surface area (Å²) in [5.41, 5.74) is 0. The van der Waals surface area contributed by atoms with Gasteiger partial charge in [0.1, 0.15) is 0 Å². The molecule has 19 heavy (non-hydrogen) atoms. The smallest absolute Gasteiger partial charge is 0.303 e. The van der Waals surface area contributed by atoms with Gasteiger partial charge in [-0.1, -0.05) is 19.3 Å². The number of aliphatic hydroxyl groups is 1. The zero-order valence-electron chi connectivity index (χ0n) is 11.6. The van der Waals surface area contributed by atoms with E-state index in [2.05, 4.69) is 0 Å². The monoisotopic (exact) mass is 270 g/mol. The molecule has 0 aromatic rings. The zero-order chi connectivity index (χ0) is 13.7. The van der Waals surface area contributed by atoms with Crippen molar-refractivity contribution >= 4 is 5.97 Å². The van der Waals surface area contributed by atoms with E-state index < -0.39 is 5.97 Å². The average molecular weight is 270 g/mol. The highest BCUT2D eigenvalue weighted by molar-refractivity contribution is 5.66. The first-order chi connectivity index (χ1) is 9.22. The van der Waals surface area contributed by atoms with E-state index in [9.17, 15) is 4.79 Å². The summed E-state index contributed by atoms with van der Waals surface area (Å²) >= 11 is 0. The highest BCUT2D eigenvalue weighted by Gasteiger charge is 2.47. The summed E-state index contributed by atoms with van der Waals surface area (Å²) in [4.78, 5) is 10.4. The molecule has 2 aliphatic rings. The first-order valence-corrected chi connectivity index (χ1v) is 7.70. The van der Waals surface area contributed by atoms with E-state index in [1.807, 2.05) is 0 Å². The van der Waals surface area contributed by atoms with Gasteiger partial charge in [0, 0.05) is 13.0 Å². The molecule has 0 unspecified atom stereocenters. The van der Waals surface area contributed by atoms with Crippen LogP contribution in [-0.2, 0) is 9.53 Å². The summed E-state index contributed by atoms with van der Waals surface area (Å²) in [6.07, 6.45) is 9.64. The summed E-state index contributed by atoms with van der Waals surface area (Å²) in [6.45, 7) is 0.270. The van der Waals surface area contributed by atoms with E-state index in [4.69, 9.17) is 14.9 Å². The number of aliphatic hydroxyl groups excluding tert-OH is 1. The number of unbranched alkanes of at least 4 members (excludes halogenated alkanes) is 3. The van der Waals surface area contributed by atoms with E-state index >= 15 is 0 Å². The SMILES string of the molecule is O=C(O)CCCCCC[C@H]1[C@@H](CCO)[C@H]2CC[C@@H]1O2. The van der Waals surface area contributed by atoms with Crippen molar-refractivity contribution in [3.8, 4) is 0 Å². The second kappa shape index (κ2) is 7.25. The third kappa shape index (κ3) is 3.93. The first kappa shape index (κ1) is 14.8. The molecule has 0 aliphatic carbocycles. The fourth-order valence-electron chi connectivity index (χ4n) is 3.83. The van der Waals surface area contributed by atoms with Crippen molar-refractivity contribution in [1.29, 1.82) is 0 Å². The van der Waals surface area contributed by atoms with Gasteiger partial charge < -0.3 is 14.9 Å². The van der Waals surface area contributed by atoms with Crippen LogP contribution in [0.25, 0.3) is 0 Å². The molecule has 110 valence electrons. The first-order valence-electron chi connectivity index (χ1n) is 7.70. The Morgan fingerprint density at radius 1 is 1.00 bits per heavy atom. The molecule has 4 heteroatoms. The normalized spacial score (nSPS) is 32.9. The van der Waals surface area contributed by atoms with Crippen molar-refractivity contribution < 1.29 is 19.7 Å². The number of ether oxygens (including phenoxy) is 1. The lowest BCUT2D eigenvalue weighted by molar-refractivity contribution is -0.137. The fraction of sp³-hybridized carbons (Fsp3) is 0.933. The van der Waals surface area contributed by atoms with E-state index in [1.165, 1.54) is 25.7 Å². The van der Waals surface area contributed by atoms with E-state index in [0.29, 0.717) is 30.5 Å². The quantitative estimate of drug-likeness (QED) is 0.632. The molecular formula is C15H26O4. The number of aliphatic carboxylic acids is 1. The number of fused-ring (bicyclic) bond motifs is 2. The molecule has 0 saturated carbocycles. The van der Waals surface area contributed by atoms with Crippen LogP contribution in [0.5, 0.6) is 0 Å². The van der Waals surface area contributed by atoms with Crippen molar-refractivity contribution in [3.63, 3.8) is 0 Å². The third-order valence-electron chi connectivity index (χ3n) is 4.73. The minimum absolute atomic E-state index is 0.270. The summed E-state index contributed by atoms with van der Waals surface area (Å²) < 4.78 is 5.97. The largest absolute Gasteiger partial charge is 0.481 e. The number of hydrogen-bond acceptors (Lipinski definition) is 3. The second-order valence-corrected chi connectivity index (χ2v) is 5.98. The van der Waals surface area contributed by atoms with Crippen LogP contribution in [-0.4, -0.2) is 35.0 Å². The maximum Gasteiger partial charge on any atom is 0.303 e. The molecule has 2 fully saturated rings. The highest BCUT2D eigenvalue weighted by atomic mass is 16.5. The van der Waals surface area contributed by atoms with Gasteiger partial charge in [0.15, 0.2) is 0 Å². The van der Waals surface area contributed by atoms with Crippen molar-refractivity contribution in [2.75, 3.05) is 6.61 Å². The Bertz CT molecular complexity index is 292. The summed E-state index contributed by atoms with van der Waals surface area (Å²) in [5, 5.41) is 17.7. The molecule has 2 N–H and O–H groups in total. The summed E-state index contributed by atoms with van der Waals surface area (Å²) in [6, 6.07) is 0. The zero-order valence-corrected chi connectivity index (χ0v) is 11.6. The molecule has 0 spiro atoms. The van der Waals surface area contributed by atoms with Gasteiger partial charge in [0.25, 0.3) is 0 Å². The maximum absolute atomic E-state index is 10.4. The predicted molar refractivity (Wildman–Crippen MR) is 71.9 cm³/mol. The number of carboxylic acids is 1. The minimum Gasteiger partial charge on any atom is -0.481 e. The molecular weight excluding hydrogens is 244 g/mol. The van der Waals surface area contributed by atoms with Gasteiger partial charge in [-0.15, -0.1) is 0 Å². The Labute approximate surface area is 115 Å². The number of carboxylic acid groups (broad SMARTS) is 1. The van der Waals surface area contributed by atoms with Crippen molar-refractivity contribution in [3.05, 3.63) is 0 Å². The van der Waals surface area contributed by atoms with Gasteiger partial charge >= 0.3 is 5.97 Å². The molecule has 0 aromatic heterocycles. The fourth-order valence-corrected chi connectivity index (χ4v) is 3.83. The summed E-state index contributed by atoms with van der Waals surface area (Å²) in [5.74, 6) is 0.498. The molecule has 2 saturated heterocycles. The van der Waals surface area contributed by atoms with Crippen LogP contribution in [0.4, 0.5) is 0 Å². The molecule has 4 atom stereocenters. The van der Waals surface area contributed by atoms with Crippen molar-refractivity contribution in [1.82, 2.24) is 0 Å². The predicted octanol–water partition coefficient (Wildman–Crippen LogP) is 2.59.